The third-order valence-corrected chi connectivity index (χ3v) is 5.96. The minimum absolute atomic E-state index is 0.0153. The molecule has 0 aromatic heterocycles. The van der Waals surface area contributed by atoms with Crippen molar-refractivity contribution >= 4 is 54.6 Å². The first-order valence-electron chi connectivity index (χ1n) is 8.16. The monoisotopic (exact) mass is 539 g/mol. The second-order valence-electron chi connectivity index (χ2n) is 6.03. The molecule has 156 valence electrons. The number of halogens is 5. The van der Waals surface area contributed by atoms with Crippen LogP contribution in [-0.2, 0) is 6.18 Å². The van der Waals surface area contributed by atoms with Crippen LogP contribution in [0.15, 0.2) is 33.2 Å². The molecule has 0 heterocycles. The van der Waals surface area contributed by atoms with Crippen LogP contribution in [0.2, 0.25) is 0 Å². The first-order valence-corrected chi connectivity index (χ1v) is 9.74. The van der Waals surface area contributed by atoms with Crippen molar-refractivity contribution in [2.45, 2.75) is 26.4 Å². The van der Waals surface area contributed by atoms with E-state index in [0.717, 1.165) is 4.90 Å². The first-order chi connectivity index (χ1) is 13.4. The Morgan fingerprint density at radius 2 is 1.72 bits per heavy atom. The SMILES string of the molecule is CCCN(c1ccc(Br)c(C)c1Br)c1c([N+](=O)[O-])cc([N+](=O)[O-])cc1C(F)(F)F. The van der Waals surface area contributed by atoms with Crippen molar-refractivity contribution in [1.29, 1.82) is 0 Å². The number of nitrogens with zero attached hydrogens (tertiary/aromatic N) is 3. The van der Waals surface area contributed by atoms with Gasteiger partial charge in [-0.05, 0) is 47.0 Å². The summed E-state index contributed by atoms with van der Waals surface area (Å²) in [6.07, 6.45) is -4.68. The Hall–Kier alpha value is -2.21. The highest BCUT2D eigenvalue weighted by Crippen LogP contribution is 2.48. The Kier molecular flexibility index (Phi) is 6.89. The minimum Gasteiger partial charge on any atom is -0.334 e. The molecule has 12 heteroatoms. The van der Waals surface area contributed by atoms with Gasteiger partial charge in [-0.3, -0.25) is 20.2 Å². The van der Waals surface area contributed by atoms with E-state index >= 15 is 0 Å². The quantitative estimate of drug-likeness (QED) is 0.293. The zero-order valence-electron chi connectivity index (χ0n) is 15.1. The summed E-state index contributed by atoms with van der Waals surface area (Å²) >= 11 is 6.66. The van der Waals surface area contributed by atoms with Crippen LogP contribution in [0.5, 0.6) is 0 Å². The lowest BCUT2D eigenvalue weighted by Crippen LogP contribution is -2.24. The van der Waals surface area contributed by atoms with Gasteiger partial charge in [0, 0.05) is 21.6 Å². The number of alkyl halides is 3. The largest absolute Gasteiger partial charge is 0.418 e. The molecule has 0 atom stereocenters. The number of nitro benzene ring substituents is 2. The topological polar surface area (TPSA) is 89.5 Å². The van der Waals surface area contributed by atoms with Crippen LogP contribution >= 0.6 is 31.9 Å². The third kappa shape index (κ3) is 4.69. The predicted molar refractivity (Wildman–Crippen MR) is 109 cm³/mol. The van der Waals surface area contributed by atoms with E-state index in [2.05, 4.69) is 31.9 Å². The molecule has 0 spiro atoms. The molecule has 0 N–H and O–H groups in total. The summed E-state index contributed by atoms with van der Waals surface area (Å²) in [5.41, 5.74) is -3.23. The van der Waals surface area contributed by atoms with E-state index in [0.29, 0.717) is 33.1 Å². The van der Waals surface area contributed by atoms with Gasteiger partial charge < -0.3 is 4.90 Å². The Balaban J connectivity index is 2.95. The van der Waals surface area contributed by atoms with Gasteiger partial charge in [0.05, 0.1) is 27.2 Å². The lowest BCUT2D eigenvalue weighted by atomic mass is 10.1. The summed E-state index contributed by atoms with van der Waals surface area (Å²) in [6, 6.07) is 4.00. The van der Waals surface area contributed by atoms with Crippen molar-refractivity contribution in [1.82, 2.24) is 0 Å². The van der Waals surface area contributed by atoms with E-state index in [4.69, 9.17) is 0 Å². The molecule has 7 nitrogen and oxygen atoms in total. The van der Waals surface area contributed by atoms with Crippen LogP contribution in [0.25, 0.3) is 0 Å². The smallest absolute Gasteiger partial charge is 0.334 e. The standard InChI is InChI=1S/C17H14Br2F3N3O4/c1-3-6-23(13-5-4-12(18)9(2)15(13)19)16-11(17(20,21)22)7-10(24(26)27)8-14(16)25(28)29/h4-5,7-8H,3,6H2,1-2H3. The van der Waals surface area contributed by atoms with Crippen LogP contribution < -0.4 is 4.90 Å². The van der Waals surface area contributed by atoms with Crippen molar-refractivity contribution in [2.24, 2.45) is 0 Å². The number of benzene rings is 2. The number of non-ortho nitro benzene ring substituents is 1. The molecule has 0 fully saturated rings. The molecule has 29 heavy (non-hydrogen) atoms. The second kappa shape index (κ2) is 8.66. The van der Waals surface area contributed by atoms with Crippen molar-refractivity contribution in [3.05, 3.63) is 64.6 Å². The van der Waals surface area contributed by atoms with E-state index in [9.17, 15) is 33.4 Å². The van der Waals surface area contributed by atoms with Crippen LogP contribution in [0.4, 0.5) is 35.9 Å². The average Bonchev–Trinajstić information content (AvgIpc) is 2.63. The van der Waals surface area contributed by atoms with Crippen LogP contribution in [0, 0.1) is 27.2 Å². The fraction of sp³-hybridized carbons (Fsp3) is 0.294. The van der Waals surface area contributed by atoms with Crippen LogP contribution in [-0.4, -0.2) is 16.4 Å². The highest BCUT2D eigenvalue weighted by atomic mass is 79.9. The summed E-state index contributed by atoms with van der Waals surface area (Å²) in [4.78, 5) is 21.7. The Labute approximate surface area is 180 Å². The Morgan fingerprint density at radius 3 is 2.21 bits per heavy atom. The number of hydrogen-bond acceptors (Lipinski definition) is 5. The molecular weight excluding hydrogens is 527 g/mol. The average molecular weight is 541 g/mol. The highest BCUT2D eigenvalue weighted by molar-refractivity contribution is 9.11. The number of nitro groups is 2. The number of hydrogen-bond donors (Lipinski definition) is 0. The van der Waals surface area contributed by atoms with Crippen molar-refractivity contribution in [2.75, 3.05) is 11.4 Å². The maximum atomic E-state index is 13.8. The van der Waals surface area contributed by atoms with Gasteiger partial charge in [0.1, 0.15) is 5.69 Å². The second-order valence-corrected chi connectivity index (χ2v) is 7.68. The van der Waals surface area contributed by atoms with E-state index in [1.165, 1.54) is 6.07 Å². The van der Waals surface area contributed by atoms with Crippen LogP contribution in [0.1, 0.15) is 24.5 Å². The highest BCUT2D eigenvalue weighted by Gasteiger charge is 2.42. The Bertz CT molecular complexity index is 983. The zero-order valence-corrected chi connectivity index (χ0v) is 18.3. The fourth-order valence-electron chi connectivity index (χ4n) is 2.78. The molecule has 0 unspecified atom stereocenters. The van der Waals surface area contributed by atoms with Gasteiger partial charge in [-0.25, -0.2) is 0 Å². The fourth-order valence-corrected chi connectivity index (χ4v) is 3.94. The summed E-state index contributed by atoms with van der Waals surface area (Å²) in [5, 5.41) is 22.6. The third-order valence-electron chi connectivity index (χ3n) is 4.10. The molecule has 2 rings (SSSR count). The lowest BCUT2D eigenvalue weighted by molar-refractivity contribution is -0.394. The van der Waals surface area contributed by atoms with Gasteiger partial charge in [-0.15, -0.1) is 0 Å². The van der Waals surface area contributed by atoms with Gasteiger partial charge in [0.15, 0.2) is 0 Å². The molecule has 2 aromatic rings. The zero-order chi connectivity index (χ0) is 22.1. The van der Waals surface area contributed by atoms with Gasteiger partial charge in [0.25, 0.3) is 11.4 Å². The first kappa shape index (κ1) is 23.1. The number of anilines is 2. The molecule has 0 aliphatic heterocycles. The summed E-state index contributed by atoms with van der Waals surface area (Å²) in [5.74, 6) is 0. The van der Waals surface area contributed by atoms with Gasteiger partial charge >= 0.3 is 6.18 Å². The van der Waals surface area contributed by atoms with E-state index in [1.807, 2.05) is 0 Å². The normalized spacial score (nSPS) is 11.4. The van der Waals surface area contributed by atoms with Crippen molar-refractivity contribution in [3.63, 3.8) is 0 Å². The summed E-state index contributed by atoms with van der Waals surface area (Å²) < 4.78 is 42.6. The Morgan fingerprint density at radius 1 is 1.10 bits per heavy atom. The van der Waals surface area contributed by atoms with Gasteiger partial charge in [-0.2, -0.15) is 13.2 Å². The van der Waals surface area contributed by atoms with Crippen molar-refractivity contribution in [3.8, 4) is 0 Å². The van der Waals surface area contributed by atoms with E-state index in [-0.39, 0.29) is 12.2 Å². The molecule has 0 saturated heterocycles. The van der Waals surface area contributed by atoms with Crippen molar-refractivity contribution < 1.29 is 23.0 Å². The maximum Gasteiger partial charge on any atom is 0.418 e. The van der Waals surface area contributed by atoms with E-state index in [1.54, 1.807) is 19.9 Å². The maximum absolute atomic E-state index is 13.8. The van der Waals surface area contributed by atoms with Gasteiger partial charge in [-0.1, -0.05) is 22.9 Å². The molecule has 2 aromatic carbocycles. The molecule has 0 aliphatic rings. The summed E-state index contributed by atoms with van der Waals surface area (Å²) in [7, 11) is 0. The number of rotatable bonds is 6. The lowest BCUT2D eigenvalue weighted by Gasteiger charge is -2.28. The molecular formula is C17H14Br2F3N3O4. The predicted octanol–water partition coefficient (Wildman–Crippen LogP) is 6.90. The molecule has 0 amide bonds. The molecule has 0 radical (unpaired) electrons. The minimum atomic E-state index is -5.05. The molecule has 0 saturated carbocycles. The molecule has 0 aliphatic carbocycles. The summed E-state index contributed by atoms with van der Waals surface area (Å²) in [6.45, 7) is 3.44. The van der Waals surface area contributed by atoms with Gasteiger partial charge in [0.2, 0.25) is 0 Å². The molecule has 0 bridgehead atoms. The van der Waals surface area contributed by atoms with Crippen LogP contribution in [0.3, 0.4) is 0 Å². The van der Waals surface area contributed by atoms with E-state index < -0.39 is 38.6 Å².